The van der Waals surface area contributed by atoms with Crippen LogP contribution < -0.4 is 14.5 Å². The van der Waals surface area contributed by atoms with Gasteiger partial charge in [-0.05, 0) is 61.7 Å². The first kappa shape index (κ1) is 22.7. The fourth-order valence-corrected chi connectivity index (χ4v) is 5.29. The normalized spacial score (nSPS) is 15.1. The zero-order chi connectivity index (χ0) is 21.9. The lowest BCUT2D eigenvalue weighted by molar-refractivity contribution is -0.117. The molecule has 1 atom stereocenters. The fraction of sp³-hybridized carbons (Fsp3) is 0.381. The topological polar surface area (TPSA) is 69.7 Å². The Bertz CT molecular complexity index is 1010. The number of carbonyl (C=O) groups excluding carboxylic acids is 1. The molecule has 0 radical (unpaired) electrons. The Balaban J connectivity index is 1.84. The molecule has 0 aliphatic carbocycles. The van der Waals surface area contributed by atoms with Crippen molar-refractivity contribution in [2.24, 2.45) is 0 Å². The third-order valence-electron chi connectivity index (χ3n) is 5.08. The average molecular weight is 470 g/mol. The van der Waals surface area contributed by atoms with Crippen molar-refractivity contribution >= 4 is 56.2 Å². The van der Waals surface area contributed by atoms with E-state index in [1.165, 1.54) is 25.0 Å². The summed E-state index contributed by atoms with van der Waals surface area (Å²) in [5, 5.41) is 3.36. The van der Waals surface area contributed by atoms with Crippen molar-refractivity contribution in [3.8, 4) is 0 Å². The maximum atomic E-state index is 13.0. The van der Waals surface area contributed by atoms with E-state index < -0.39 is 22.0 Å². The molecule has 2 aromatic rings. The van der Waals surface area contributed by atoms with E-state index in [0.717, 1.165) is 29.3 Å². The summed E-state index contributed by atoms with van der Waals surface area (Å²) < 4.78 is 26.2. The number of halogens is 2. The zero-order valence-corrected chi connectivity index (χ0v) is 19.3. The summed E-state index contributed by atoms with van der Waals surface area (Å²) in [5.41, 5.74) is 1.89. The van der Waals surface area contributed by atoms with Crippen LogP contribution in [0.1, 0.15) is 26.2 Å². The van der Waals surface area contributed by atoms with Gasteiger partial charge in [-0.25, -0.2) is 8.42 Å². The first-order valence-corrected chi connectivity index (χ1v) is 12.4. The highest BCUT2D eigenvalue weighted by Crippen LogP contribution is 2.33. The van der Waals surface area contributed by atoms with Gasteiger partial charge in [-0.3, -0.25) is 9.10 Å². The quantitative estimate of drug-likeness (QED) is 0.633. The molecule has 6 nitrogen and oxygen atoms in total. The van der Waals surface area contributed by atoms with E-state index in [4.69, 9.17) is 23.2 Å². The lowest BCUT2D eigenvalue weighted by Gasteiger charge is -2.30. The molecule has 0 bridgehead atoms. The number of benzene rings is 2. The van der Waals surface area contributed by atoms with Crippen molar-refractivity contribution in [1.29, 1.82) is 0 Å². The molecule has 1 aliphatic heterocycles. The van der Waals surface area contributed by atoms with Gasteiger partial charge in [-0.2, -0.15) is 0 Å². The van der Waals surface area contributed by atoms with E-state index in [0.29, 0.717) is 10.7 Å². The number of hydrogen-bond donors (Lipinski definition) is 1. The molecule has 9 heteroatoms. The first-order valence-electron chi connectivity index (χ1n) is 9.81. The monoisotopic (exact) mass is 469 g/mol. The lowest BCUT2D eigenvalue weighted by Crippen LogP contribution is -2.47. The summed E-state index contributed by atoms with van der Waals surface area (Å²) in [6.07, 6.45) is 3.67. The van der Waals surface area contributed by atoms with Gasteiger partial charge in [0.15, 0.2) is 0 Å². The molecule has 1 aliphatic rings. The number of anilines is 3. The molecule has 1 heterocycles. The number of amides is 1. The third-order valence-corrected chi connectivity index (χ3v) is 6.80. The zero-order valence-electron chi connectivity index (χ0n) is 16.9. The highest BCUT2D eigenvalue weighted by atomic mass is 35.5. The van der Waals surface area contributed by atoms with Crippen LogP contribution in [0.3, 0.4) is 0 Å². The van der Waals surface area contributed by atoms with Crippen LogP contribution in [-0.2, 0) is 14.8 Å². The standard InChI is InChI=1S/C21H25Cl2N3O3S/c1-3-19(26(30(2,28)29)20-14-15(22)6-11-18(20)23)21(27)24-16-7-9-17(10-8-16)25-12-4-5-13-25/h6-11,14,19H,3-5,12-13H2,1-2H3,(H,24,27)/t19-/m1/s1. The second kappa shape index (κ2) is 9.45. The second-order valence-electron chi connectivity index (χ2n) is 7.31. The van der Waals surface area contributed by atoms with Gasteiger partial charge in [0, 0.05) is 29.5 Å². The van der Waals surface area contributed by atoms with Crippen LogP contribution >= 0.6 is 23.2 Å². The molecule has 1 saturated heterocycles. The first-order chi connectivity index (χ1) is 14.2. The Morgan fingerprint density at radius 1 is 1.13 bits per heavy atom. The minimum absolute atomic E-state index is 0.179. The van der Waals surface area contributed by atoms with Crippen LogP contribution in [0.2, 0.25) is 10.0 Å². The molecule has 1 fully saturated rings. The molecule has 30 heavy (non-hydrogen) atoms. The second-order valence-corrected chi connectivity index (χ2v) is 10.0. The highest BCUT2D eigenvalue weighted by Gasteiger charge is 2.33. The predicted octanol–water partition coefficient (Wildman–Crippen LogP) is 4.78. The molecule has 0 unspecified atom stereocenters. The van der Waals surface area contributed by atoms with Gasteiger partial charge < -0.3 is 10.2 Å². The third kappa shape index (κ3) is 5.20. The van der Waals surface area contributed by atoms with Crippen LogP contribution in [0, 0.1) is 0 Å². The summed E-state index contributed by atoms with van der Waals surface area (Å²) in [4.78, 5) is 15.3. The molecular formula is C21H25Cl2N3O3S. The summed E-state index contributed by atoms with van der Waals surface area (Å²) in [7, 11) is -3.80. The highest BCUT2D eigenvalue weighted by molar-refractivity contribution is 7.92. The molecule has 2 aromatic carbocycles. The van der Waals surface area contributed by atoms with Crippen molar-refractivity contribution in [2.75, 3.05) is 33.9 Å². The predicted molar refractivity (Wildman–Crippen MR) is 124 cm³/mol. The summed E-state index contributed by atoms with van der Waals surface area (Å²) in [6, 6.07) is 11.1. The van der Waals surface area contributed by atoms with Gasteiger partial charge in [0.05, 0.1) is 17.0 Å². The van der Waals surface area contributed by atoms with Crippen LogP contribution in [0.15, 0.2) is 42.5 Å². The Hall–Kier alpha value is -1.96. The molecule has 0 aromatic heterocycles. The van der Waals surface area contributed by atoms with Crippen LogP contribution in [-0.4, -0.2) is 39.7 Å². The van der Waals surface area contributed by atoms with E-state index in [-0.39, 0.29) is 17.1 Å². The van der Waals surface area contributed by atoms with Crippen molar-refractivity contribution in [1.82, 2.24) is 0 Å². The number of carbonyl (C=O) groups is 1. The summed E-state index contributed by atoms with van der Waals surface area (Å²) in [5.74, 6) is -0.437. The molecule has 1 N–H and O–H groups in total. The van der Waals surface area contributed by atoms with Gasteiger partial charge in [-0.1, -0.05) is 30.1 Å². The molecule has 162 valence electrons. The van der Waals surface area contributed by atoms with E-state index in [9.17, 15) is 13.2 Å². The van der Waals surface area contributed by atoms with Crippen molar-refractivity contribution in [2.45, 2.75) is 32.2 Å². The summed E-state index contributed by atoms with van der Waals surface area (Å²) in [6.45, 7) is 3.82. The van der Waals surface area contributed by atoms with Gasteiger partial charge >= 0.3 is 0 Å². The minimum Gasteiger partial charge on any atom is -0.372 e. The maximum absolute atomic E-state index is 13.0. The smallest absolute Gasteiger partial charge is 0.248 e. The van der Waals surface area contributed by atoms with Gasteiger partial charge in [0.1, 0.15) is 6.04 Å². The number of hydrogen-bond acceptors (Lipinski definition) is 4. The van der Waals surface area contributed by atoms with Crippen molar-refractivity contribution < 1.29 is 13.2 Å². The van der Waals surface area contributed by atoms with Gasteiger partial charge in [-0.15, -0.1) is 0 Å². The van der Waals surface area contributed by atoms with Crippen molar-refractivity contribution in [3.05, 3.63) is 52.5 Å². The average Bonchev–Trinajstić information content (AvgIpc) is 3.22. The minimum atomic E-state index is -3.80. The molecule has 3 rings (SSSR count). The Labute approximate surface area is 187 Å². The number of nitrogens with one attached hydrogen (secondary N) is 1. The Kier molecular flexibility index (Phi) is 7.16. The number of nitrogens with zero attached hydrogens (tertiary/aromatic N) is 2. The van der Waals surface area contributed by atoms with Gasteiger partial charge in [0.25, 0.3) is 0 Å². The van der Waals surface area contributed by atoms with Gasteiger partial charge in [0.2, 0.25) is 15.9 Å². The largest absolute Gasteiger partial charge is 0.372 e. The van der Waals surface area contributed by atoms with E-state index in [2.05, 4.69) is 10.2 Å². The van der Waals surface area contributed by atoms with Crippen molar-refractivity contribution in [3.63, 3.8) is 0 Å². The van der Waals surface area contributed by atoms with Crippen LogP contribution in [0.4, 0.5) is 17.1 Å². The number of sulfonamides is 1. The van der Waals surface area contributed by atoms with E-state index in [1.54, 1.807) is 13.0 Å². The SMILES string of the molecule is CC[C@H](C(=O)Nc1ccc(N2CCCC2)cc1)N(c1cc(Cl)ccc1Cl)S(C)(=O)=O. The summed E-state index contributed by atoms with van der Waals surface area (Å²) >= 11 is 12.3. The molecule has 0 spiro atoms. The Morgan fingerprint density at radius 3 is 2.33 bits per heavy atom. The lowest BCUT2D eigenvalue weighted by atomic mass is 10.1. The van der Waals surface area contributed by atoms with Crippen LogP contribution in [0.25, 0.3) is 0 Å². The molecule has 1 amide bonds. The van der Waals surface area contributed by atoms with Crippen LogP contribution in [0.5, 0.6) is 0 Å². The number of rotatable bonds is 7. The maximum Gasteiger partial charge on any atom is 0.248 e. The molecule has 0 saturated carbocycles. The van der Waals surface area contributed by atoms with E-state index >= 15 is 0 Å². The van der Waals surface area contributed by atoms with E-state index in [1.807, 2.05) is 24.3 Å². The Morgan fingerprint density at radius 2 is 1.77 bits per heavy atom. The molecular weight excluding hydrogens is 445 g/mol. The fourth-order valence-electron chi connectivity index (χ4n) is 3.65.